The second-order valence-electron chi connectivity index (χ2n) is 12.0. The third-order valence-corrected chi connectivity index (χ3v) is 8.20. The van der Waals surface area contributed by atoms with Crippen molar-refractivity contribution in [1.29, 1.82) is 0 Å². The molecule has 34 heavy (non-hydrogen) atoms. The molecule has 1 aromatic carbocycles. The second kappa shape index (κ2) is 10.9. The van der Waals surface area contributed by atoms with Gasteiger partial charge in [-0.1, -0.05) is 50.3 Å². The Morgan fingerprint density at radius 1 is 0.676 bits per heavy atom. The van der Waals surface area contributed by atoms with E-state index in [9.17, 15) is 0 Å². The Hall–Kier alpha value is -1.01. The van der Waals surface area contributed by atoms with Crippen molar-refractivity contribution in [3.05, 3.63) is 30.3 Å². The number of benzene rings is 1. The van der Waals surface area contributed by atoms with Crippen LogP contribution in [0, 0.1) is 0 Å². The Balaban J connectivity index is 1.47. The first-order valence-electron chi connectivity index (χ1n) is 13.2. The van der Waals surface area contributed by atoms with Crippen molar-refractivity contribution in [2.75, 3.05) is 6.61 Å². The Morgan fingerprint density at radius 2 is 1.21 bits per heavy atom. The molecule has 2 aliphatic rings. The van der Waals surface area contributed by atoms with Crippen molar-refractivity contribution in [3.8, 4) is 5.75 Å². The smallest absolute Gasteiger partial charge is 0.461 e. The number of rotatable bonds is 12. The zero-order chi connectivity index (χ0) is 25.0. The van der Waals surface area contributed by atoms with E-state index in [1.807, 2.05) is 30.3 Å². The van der Waals surface area contributed by atoms with Crippen molar-refractivity contribution in [2.24, 2.45) is 0 Å². The van der Waals surface area contributed by atoms with Crippen LogP contribution in [0.25, 0.3) is 0 Å². The van der Waals surface area contributed by atoms with E-state index in [2.05, 4.69) is 55.4 Å². The van der Waals surface area contributed by atoms with Gasteiger partial charge >= 0.3 is 14.2 Å². The maximum absolute atomic E-state index is 6.44. The predicted molar refractivity (Wildman–Crippen MR) is 140 cm³/mol. The van der Waals surface area contributed by atoms with Gasteiger partial charge in [0, 0.05) is 0 Å². The molecule has 0 aromatic heterocycles. The fraction of sp³-hybridized carbons (Fsp3) is 0.778. The van der Waals surface area contributed by atoms with Crippen LogP contribution in [0.15, 0.2) is 30.3 Å². The van der Waals surface area contributed by atoms with Crippen molar-refractivity contribution in [2.45, 2.75) is 128 Å². The van der Waals surface area contributed by atoms with Gasteiger partial charge < -0.3 is 23.4 Å². The molecule has 1 aromatic rings. The molecule has 0 radical (unpaired) electrons. The maximum Gasteiger partial charge on any atom is 0.461 e. The summed E-state index contributed by atoms with van der Waals surface area (Å²) in [7, 11) is -0.303. The van der Waals surface area contributed by atoms with E-state index < -0.39 is 0 Å². The zero-order valence-electron chi connectivity index (χ0n) is 22.8. The Morgan fingerprint density at radius 3 is 1.79 bits per heavy atom. The van der Waals surface area contributed by atoms with Gasteiger partial charge in [-0.25, -0.2) is 0 Å². The first kappa shape index (κ1) is 27.6. The van der Waals surface area contributed by atoms with Crippen LogP contribution in [0.1, 0.15) is 93.9 Å². The molecule has 3 rings (SSSR count). The molecule has 190 valence electrons. The van der Waals surface area contributed by atoms with E-state index in [1.165, 1.54) is 0 Å². The number of hydrogen-bond acceptors (Lipinski definition) is 5. The first-order chi connectivity index (χ1) is 15.8. The molecular formula is C27H46B2O5. The lowest BCUT2D eigenvalue weighted by molar-refractivity contribution is 0.00578. The minimum atomic E-state index is -0.300. The summed E-state index contributed by atoms with van der Waals surface area (Å²) >= 11 is 0. The van der Waals surface area contributed by atoms with Crippen LogP contribution >= 0.6 is 0 Å². The van der Waals surface area contributed by atoms with Crippen molar-refractivity contribution >= 4 is 14.2 Å². The van der Waals surface area contributed by atoms with Crippen molar-refractivity contribution in [1.82, 2.24) is 0 Å². The lowest BCUT2D eigenvalue weighted by Crippen LogP contribution is -2.41. The fourth-order valence-corrected chi connectivity index (χ4v) is 4.52. The summed E-state index contributed by atoms with van der Waals surface area (Å²) in [5, 5.41) is 0. The third-order valence-electron chi connectivity index (χ3n) is 8.20. The zero-order valence-corrected chi connectivity index (χ0v) is 22.8. The molecule has 0 saturated carbocycles. The van der Waals surface area contributed by atoms with Gasteiger partial charge in [0.05, 0.1) is 29.0 Å². The molecule has 0 N–H and O–H groups in total. The molecule has 0 amide bonds. The molecule has 2 heterocycles. The molecule has 2 aliphatic heterocycles. The Labute approximate surface area is 208 Å². The molecule has 0 bridgehead atoms. The highest BCUT2D eigenvalue weighted by molar-refractivity contribution is 6.47. The van der Waals surface area contributed by atoms with E-state index in [-0.39, 0.29) is 36.6 Å². The summed E-state index contributed by atoms with van der Waals surface area (Å²) in [6.45, 7) is 17.7. The first-order valence-corrected chi connectivity index (χ1v) is 13.2. The van der Waals surface area contributed by atoms with Crippen LogP contribution in [0.3, 0.4) is 0 Å². The molecule has 0 spiro atoms. The summed E-state index contributed by atoms with van der Waals surface area (Å²) in [5.74, 6) is 1.30. The SMILES string of the molecule is CC1(C)OB(CCC[C@@H](CCCCCOc2ccccc2)B2OC(C)(C)C(C)(C)O2)OC1(C)C. The van der Waals surface area contributed by atoms with E-state index >= 15 is 0 Å². The molecule has 5 nitrogen and oxygen atoms in total. The quantitative estimate of drug-likeness (QED) is 0.243. The molecule has 0 unspecified atom stereocenters. The lowest BCUT2D eigenvalue weighted by Gasteiger charge is -2.32. The highest BCUT2D eigenvalue weighted by Gasteiger charge is 2.54. The van der Waals surface area contributed by atoms with Gasteiger partial charge in [0.15, 0.2) is 0 Å². The minimum Gasteiger partial charge on any atom is -0.494 e. The second-order valence-corrected chi connectivity index (χ2v) is 12.0. The standard InChI is InChI=1S/C27H46B2O5/c1-24(2)25(3,4)32-28(31-24)20-15-17-22(29-33-26(5,6)27(7,8)34-29)16-11-10-14-21-30-23-18-12-9-13-19-23/h9,12-13,18-19,22H,10-11,14-17,20-21H2,1-8H3/t22-/m1/s1. The third kappa shape index (κ3) is 6.81. The van der Waals surface area contributed by atoms with Gasteiger partial charge in [-0.2, -0.15) is 0 Å². The van der Waals surface area contributed by atoms with E-state index in [0.29, 0.717) is 5.82 Å². The Kier molecular flexibility index (Phi) is 8.87. The summed E-state index contributed by atoms with van der Waals surface area (Å²) in [6, 6.07) is 10.0. The van der Waals surface area contributed by atoms with Crippen molar-refractivity contribution in [3.63, 3.8) is 0 Å². The highest BCUT2D eigenvalue weighted by atomic mass is 16.7. The molecule has 0 aliphatic carbocycles. The summed E-state index contributed by atoms with van der Waals surface area (Å²) in [5.41, 5.74) is -1.15. The van der Waals surface area contributed by atoms with Gasteiger partial charge in [-0.15, -0.1) is 0 Å². The summed E-state index contributed by atoms with van der Waals surface area (Å²) < 4.78 is 31.1. The molecule has 2 fully saturated rings. The monoisotopic (exact) mass is 472 g/mol. The van der Waals surface area contributed by atoms with Crippen LogP contribution in [-0.4, -0.2) is 43.2 Å². The minimum absolute atomic E-state index is 0.140. The lowest BCUT2D eigenvalue weighted by atomic mass is 9.65. The van der Waals surface area contributed by atoms with E-state index in [1.54, 1.807) is 0 Å². The van der Waals surface area contributed by atoms with Crippen molar-refractivity contribution < 1.29 is 23.4 Å². The van der Waals surface area contributed by atoms with Crippen LogP contribution in [0.4, 0.5) is 0 Å². The fourth-order valence-electron chi connectivity index (χ4n) is 4.52. The van der Waals surface area contributed by atoms with E-state index in [0.717, 1.165) is 57.2 Å². The average Bonchev–Trinajstić information content (AvgIpc) is 3.08. The number of ether oxygens (including phenoxy) is 1. The van der Waals surface area contributed by atoms with Gasteiger partial charge in [0.1, 0.15) is 5.75 Å². The Bertz CT molecular complexity index is 734. The highest BCUT2D eigenvalue weighted by Crippen LogP contribution is 2.43. The summed E-state index contributed by atoms with van der Waals surface area (Å²) in [4.78, 5) is 0. The molecule has 7 heteroatoms. The molecule has 1 atom stereocenters. The normalized spacial score (nSPS) is 23.3. The molecule has 2 saturated heterocycles. The molecular weight excluding hydrogens is 426 g/mol. The van der Waals surface area contributed by atoms with Gasteiger partial charge in [0.25, 0.3) is 0 Å². The number of unbranched alkanes of at least 4 members (excludes halogenated alkanes) is 2. The van der Waals surface area contributed by atoms with Gasteiger partial charge in [-0.3, -0.25) is 0 Å². The summed E-state index contributed by atoms with van der Waals surface area (Å²) in [6.07, 6.45) is 7.39. The van der Waals surface area contributed by atoms with E-state index in [4.69, 9.17) is 23.4 Å². The predicted octanol–water partition coefficient (Wildman–Crippen LogP) is 6.96. The number of hydrogen-bond donors (Lipinski definition) is 0. The number of para-hydroxylation sites is 1. The van der Waals surface area contributed by atoms with Crippen LogP contribution in [0.5, 0.6) is 5.75 Å². The van der Waals surface area contributed by atoms with Gasteiger partial charge in [-0.05, 0) is 86.1 Å². The largest absolute Gasteiger partial charge is 0.494 e. The van der Waals surface area contributed by atoms with Gasteiger partial charge in [0.2, 0.25) is 0 Å². The van der Waals surface area contributed by atoms with Crippen LogP contribution < -0.4 is 4.74 Å². The maximum atomic E-state index is 6.44. The van der Waals surface area contributed by atoms with Crippen LogP contribution in [-0.2, 0) is 18.6 Å². The van der Waals surface area contributed by atoms with Crippen LogP contribution in [0.2, 0.25) is 12.1 Å². The topological polar surface area (TPSA) is 46.2 Å². The average molecular weight is 472 g/mol.